The number of aliphatic hydroxyl groups is 6. The molecule has 0 spiro atoms. The molecule has 0 saturated carbocycles. The molecule has 0 fully saturated rings. The molecule has 0 aliphatic carbocycles. The third-order valence-corrected chi connectivity index (χ3v) is 6.81. The van der Waals surface area contributed by atoms with Gasteiger partial charge in [-0.05, 0) is 34.9 Å². The van der Waals surface area contributed by atoms with E-state index in [2.05, 4.69) is 0 Å². The molecule has 206 valence electrons. The number of phosphoric ester groups is 1. The lowest BCUT2D eigenvalue weighted by atomic mass is 10.1. The first-order valence-electron chi connectivity index (χ1n) is 12.1. The standard InChI is InChI=1S/C27H33O10P/c28-16-22(31)13-19-7-1-4-10-25(19)35-38(34,36-26-11-5-2-8-20(26)14-23(32)17-29)37-27-12-6-3-9-21(27)15-24(33)18-30/h1-12,22-24,28-33H,13-18H2. The molecule has 0 heterocycles. The van der Waals surface area contributed by atoms with Crippen molar-refractivity contribution in [3.05, 3.63) is 89.5 Å². The van der Waals surface area contributed by atoms with E-state index in [-0.39, 0.29) is 36.5 Å². The van der Waals surface area contributed by atoms with Gasteiger partial charge >= 0.3 is 7.82 Å². The molecule has 6 N–H and O–H groups in total. The highest BCUT2D eigenvalue weighted by Gasteiger charge is 2.36. The average molecular weight is 549 g/mol. The van der Waals surface area contributed by atoms with Gasteiger partial charge in [-0.2, -0.15) is 4.57 Å². The van der Waals surface area contributed by atoms with Crippen LogP contribution >= 0.6 is 7.82 Å². The summed E-state index contributed by atoms with van der Waals surface area (Å²) in [5, 5.41) is 57.7. The summed E-state index contributed by atoms with van der Waals surface area (Å²) >= 11 is 0. The van der Waals surface area contributed by atoms with Gasteiger partial charge in [-0.3, -0.25) is 0 Å². The molecule has 0 amide bonds. The summed E-state index contributed by atoms with van der Waals surface area (Å²) < 4.78 is 31.8. The second kappa shape index (κ2) is 14.3. The molecule has 0 aromatic heterocycles. The molecule has 0 saturated heterocycles. The van der Waals surface area contributed by atoms with Crippen molar-refractivity contribution in [2.75, 3.05) is 19.8 Å². The van der Waals surface area contributed by atoms with Crippen molar-refractivity contribution in [3.63, 3.8) is 0 Å². The van der Waals surface area contributed by atoms with E-state index >= 15 is 0 Å². The van der Waals surface area contributed by atoms with Crippen molar-refractivity contribution in [2.45, 2.75) is 37.6 Å². The second-order valence-corrected chi connectivity index (χ2v) is 10.1. The zero-order valence-corrected chi connectivity index (χ0v) is 21.6. The summed E-state index contributed by atoms with van der Waals surface area (Å²) in [5.74, 6) is 0.261. The Kier molecular flexibility index (Phi) is 11.1. The van der Waals surface area contributed by atoms with Crippen LogP contribution in [0.1, 0.15) is 16.7 Å². The first kappa shape index (κ1) is 29.6. The fraction of sp³-hybridized carbons (Fsp3) is 0.333. The van der Waals surface area contributed by atoms with Crippen LogP contribution in [0.25, 0.3) is 0 Å². The van der Waals surface area contributed by atoms with Crippen LogP contribution in [0.15, 0.2) is 72.8 Å². The third kappa shape index (κ3) is 8.54. The second-order valence-electron chi connectivity index (χ2n) is 8.67. The van der Waals surface area contributed by atoms with Gasteiger partial charge in [-0.25, -0.2) is 0 Å². The minimum absolute atomic E-state index is 0.00519. The van der Waals surface area contributed by atoms with Crippen molar-refractivity contribution in [3.8, 4) is 17.2 Å². The number of para-hydroxylation sites is 3. The normalized spacial score (nSPS) is 15.2. The lowest BCUT2D eigenvalue weighted by Crippen LogP contribution is -2.18. The predicted molar refractivity (Wildman–Crippen MR) is 139 cm³/mol. The number of rotatable bonds is 15. The Hall–Kier alpha value is -2.95. The Morgan fingerprint density at radius 3 is 1.05 bits per heavy atom. The molecule has 10 nitrogen and oxygen atoms in total. The van der Waals surface area contributed by atoms with Crippen LogP contribution in [0.4, 0.5) is 0 Å². The summed E-state index contributed by atoms with van der Waals surface area (Å²) in [6, 6.07) is 19.4. The first-order chi connectivity index (χ1) is 18.3. The van der Waals surface area contributed by atoms with Gasteiger partial charge in [0.1, 0.15) is 17.2 Å². The fourth-order valence-electron chi connectivity index (χ4n) is 3.66. The highest BCUT2D eigenvalue weighted by Crippen LogP contribution is 2.51. The highest BCUT2D eigenvalue weighted by molar-refractivity contribution is 7.49. The van der Waals surface area contributed by atoms with Crippen LogP contribution in [0.2, 0.25) is 0 Å². The average Bonchev–Trinajstić information content (AvgIpc) is 2.91. The van der Waals surface area contributed by atoms with Crippen LogP contribution in [0.5, 0.6) is 17.2 Å². The molecule has 0 radical (unpaired) electrons. The molecule has 3 unspecified atom stereocenters. The van der Waals surface area contributed by atoms with E-state index in [1.165, 1.54) is 18.2 Å². The maximum atomic E-state index is 14.2. The third-order valence-electron chi connectivity index (χ3n) is 5.55. The zero-order chi connectivity index (χ0) is 27.5. The minimum Gasteiger partial charge on any atom is -0.394 e. The van der Waals surface area contributed by atoms with E-state index in [1.807, 2.05) is 0 Å². The highest BCUT2D eigenvalue weighted by atomic mass is 31.2. The zero-order valence-electron chi connectivity index (χ0n) is 20.7. The molecule has 0 bridgehead atoms. The Morgan fingerprint density at radius 2 is 0.789 bits per heavy atom. The molecular formula is C27H33O10P. The fourth-order valence-corrected chi connectivity index (χ4v) is 5.03. The summed E-state index contributed by atoms with van der Waals surface area (Å²) in [7, 11) is -4.55. The number of hydrogen-bond donors (Lipinski definition) is 6. The van der Waals surface area contributed by atoms with Gasteiger partial charge in [0.2, 0.25) is 0 Å². The van der Waals surface area contributed by atoms with Gasteiger partial charge in [0, 0.05) is 19.3 Å². The largest absolute Gasteiger partial charge is 0.647 e. The van der Waals surface area contributed by atoms with Gasteiger partial charge in [0.15, 0.2) is 0 Å². The van der Waals surface area contributed by atoms with E-state index in [0.717, 1.165) is 0 Å². The Labute approximate surface area is 220 Å². The molecular weight excluding hydrogens is 515 g/mol. The molecule has 0 aliphatic rings. The molecule has 3 aromatic carbocycles. The van der Waals surface area contributed by atoms with Gasteiger partial charge in [-0.15, -0.1) is 0 Å². The lowest BCUT2D eigenvalue weighted by molar-refractivity contribution is 0.0947. The van der Waals surface area contributed by atoms with Gasteiger partial charge in [-0.1, -0.05) is 54.6 Å². The SMILES string of the molecule is O=P(Oc1ccccc1CC(O)CO)(Oc1ccccc1CC(O)CO)Oc1ccccc1CC(O)CO. The van der Waals surface area contributed by atoms with Crippen molar-refractivity contribution < 1.29 is 48.8 Å². The number of hydrogen-bond acceptors (Lipinski definition) is 10. The lowest BCUT2D eigenvalue weighted by Gasteiger charge is -2.24. The van der Waals surface area contributed by atoms with Crippen LogP contribution < -0.4 is 13.6 Å². The van der Waals surface area contributed by atoms with Crippen molar-refractivity contribution in [1.82, 2.24) is 0 Å². The Bertz CT molecular complexity index is 1060. The van der Waals surface area contributed by atoms with Crippen LogP contribution in [-0.2, 0) is 23.8 Å². The van der Waals surface area contributed by atoms with Gasteiger partial charge in [0.25, 0.3) is 0 Å². The molecule has 3 aromatic rings. The summed E-state index contributed by atoms with van der Waals surface area (Å²) in [6.45, 7) is -1.46. The molecule has 11 heteroatoms. The monoisotopic (exact) mass is 548 g/mol. The summed E-state index contributed by atoms with van der Waals surface area (Å²) in [6.07, 6.45) is -3.23. The summed E-state index contributed by atoms with van der Waals surface area (Å²) in [4.78, 5) is 0. The van der Waals surface area contributed by atoms with E-state index in [0.29, 0.717) is 16.7 Å². The van der Waals surface area contributed by atoms with Crippen molar-refractivity contribution >= 4 is 7.82 Å². The number of benzene rings is 3. The Morgan fingerprint density at radius 1 is 0.526 bits per heavy atom. The van der Waals surface area contributed by atoms with Gasteiger partial charge in [0.05, 0.1) is 38.1 Å². The van der Waals surface area contributed by atoms with Gasteiger partial charge < -0.3 is 44.2 Å². The van der Waals surface area contributed by atoms with Crippen LogP contribution in [0, 0.1) is 0 Å². The molecule has 38 heavy (non-hydrogen) atoms. The molecule has 0 aliphatic heterocycles. The van der Waals surface area contributed by atoms with Crippen molar-refractivity contribution in [1.29, 1.82) is 0 Å². The van der Waals surface area contributed by atoms with Crippen LogP contribution in [-0.4, -0.2) is 68.8 Å². The molecule has 3 rings (SSSR count). The minimum atomic E-state index is -4.55. The predicted octanol–water partition coefficient (Wildman–Crippen LogP) is 2.02. The van der Waals surface area contributed by atoms with E-state index in [4.69, 9.17) is 13.6 Å². The maximum absolute atomic E-state index is 14.2. The topological polar surface area (TPSA) is 166 Å². The number of aliphatic hydroxyl groups excluding tert-OH is 6. The smallest absolute Gasteiger partial charge is 0.394 e. The van der Waals surface area contributed by atoms with Crippen molar-refractivity contribution in [2.24, 2.45) is 0 Å². The first-order valence-corrected chi connectivity index (χ1v) is 13.5. The summed E-state index contributed by atoms with van der Waals surface area (Å²) in [5.41, 5.74) is 1.32. The Balaban J connectivity index is 2.02. The quantitative estimate of drug-likeness (QED) is 0.155. The maximum Gasteiger partial charge on any atom is 0.647 e. The van der Waals surface area contributed by atoms with E-state index in [9.17, 15) is 35.2 Å². The van der Waals surface area contributed by atoms with Crippen LogP contribution in [0.3, 0.4) is 0 Å². The van der Waals surface area contributed by atoms with E-state index in [1.54, 1.807) is 54.6 Å². The van der Waals surface area contributed by atoms with E-state index < -0.39 is 46.0 Å². The number of phosphoric acid groups is 1. The molecule has 3 atom stereocenters.